The summed E-state index contributed by atoms with van der Waals surface area (Å²) in [7, 11) is 0. The van der Waals surface area contributed by atoms with Crippen LogP contribution in [0.15, 0.2) is 24.5 Å². The maximum atomic E-state index is 12.1. The van der Waals surface area contributed by atoms with E-state index >= 15 is 0 Å². The molecule has 0 saturated heterocycles. The van der Waals surface area contributed by atoms with Crippen molar-refractivity contribution in [2.75, 3.05) is 5.32 Å². The van der Waals surface area contributed by atoms with Crippen LogP contribution >= 0.6 is 11.3 Å². The summed E-state index contributed by atoms with van der Waals surface area (Å²) in [6.45, 7) is 6.35. The van der Waals surface area contributed by atoms with Crippen molar-refractivity contribution in [2.24, 2.45) is 5.73 Å². The zero-order chi connectivity index (χ0) is 16.3. The molecule has 0 aliphatic carbocycles. The Hall–Kier alpha value is -2.21. The van der Waals surface area contributed by atoms with Crippen LogP contribution in [0.4, 0.5) is 5.00 Å². The van der Waals surface area contributed by atoms with E-state index in [1.165, 1.54) is 16.9 Å². The smallest absolute Gasteiger partial charge is 0.251 e. The summed E-state index contributed by atoms with van der Waals surface area (Å²) in [5.41, 5.74) is 7.82. The number of hydrogen-bond donors (Lipinski definition) is 2. The predicted octanol–water partition coefficient (Wildman–Crippen LogP) is 2.09. The Bertz CT molecular complexity index is 705. The quantitative estimate of drug-likeness (QED) is 0.828. The Balaban J connectivity index is 2.02. The van der Waals surface area contributed by atoms with Crippen LogP contribution in [-0.2, 0) is 11.3 Å². The third-order valence-corrected chi connectivity index (χ3v) is 4.66. The fraction of sp³-hybridized carbons (Fsp3) is 0.312. The second kappa shape index (κ2) is 6.70. The second-order valence-corrected chi connectivity index (χ2v) is 6.49. The molecule has 0 saturated carbocycles. The highest BCUT2D eigenvalue weighted by Gasteiger charge is 2.19. The molecule has 2 amide bonds. The highest BCUT2D eigenvalue weighted by atomic mass is 32.1. The number of rotatable bonds is 5. The summed E-state index contributed by atoms with van der Waals surface area (Å²) in [6.07, 6.45) is 4.22. The zero-order valence-electron chi connectivity index (χ0n) is 13.0. The highest BCUT2D eigenvalue weighted by molar-refractivity contribution is 7.16. The molecular formula is C16H20N3O2S+. The zero-order valence-corrected chi connectivity index (χ0v) is 13.8. The number of nitrogens with zero attached hydrogens (tertiary/aromatic N) is 1. The van der Waals surface area contributed by atoms with Crippen molar-refractivity contribution in [3.8, 4) is 0 Å². The summed E-state index contributed by atoms with van der Waals surface area (Å²) in [6, 6.07) is 3.99. The number of carbonyl (C=O) groups is 2. The van der Waals surface area contributed by atoms with E-state index < -0.39 is 5.91 Å². The lowest BCUT2D eigenvalue weighted by atomic mass is 10.1. The molecule has 2 rings (SSSR count). The molecule has 3 N–H and O–H groups in total. The lowest BCUT2D eigenvalue weighted by Gasteiger charge is -2.04. The van der Waals surface area contributed by atoms with Gasteiger partial charge in [-0.2, -0.15) is 0 Å². The van der Waals surface area contributed by atoms with E-state index in [1.54, 1.807) is 0 Å². The number of aromatic nitrogens is 1. The van der Waals surface area contributed by atoms with Gasteiger partial charge in [0.25, 0.3) is 5.91 Å². The molecular weight excluding hydrogens is 298 g/mol. The van der Waals surface area contributed by atoms with Gasteiger partial charge in [-0.1, -0.05) is 0 Å². The summed E-state index contributed by atoms with van der Waals surface area (Å²) in [5.74, 6) is -0.637. The summed E-state index contributed by atoms with van der Waals surface area (Å²) in [5, 5.41) is 3.34. The minimum Gasteiger partial charge on any atom is -0.365 e. The molecule has 116 valence electrons. The van der Waals surface area contributed by atoms with Crippen LogP contribution < -0.4 is 15.6 Å². The Morgan fingerprint density at radius 1 is 1.23 bits per heavy atom. The lowest BCUT2D eigenvalue weighted by molar-refractivity contribution is -0.695. The topological polar surface area (TPSA) is 76.1 Å². The van der Waals surface area contributed by atoms with E-state index in [0.717, 1.165) is 10.4 Å². The molecule has 0 aliphatic heterocycles. The number of hydrogen-bond acceptors (Lipinski definition) is 3. The molecule has 5 nitrogen and oxygen atoms in total. The summed E-state index contributed by atoms with van der Waals surface area (Å²) >= 11 is 1.38. The highest BCUT2D eigenvalue weighted by Crippen LogP contribution is 2.32. The minimum atomic E-state index is -0.509. The summed E-state index contributed by atoms with van der Waals surface area (Å²) in [4.78, 5) is 24.6. The second-order valence-electron chi connectivity index (χ2n) is 5.26. The molecule has 0 aliphatic rings. The van der Waals surface area contributed by atoms with Crippen molar-refractivity contribution in [3.63, 3.8) is 0 Å². The van der Waals surface area contributed by atoms with E-state index in [9.17, 15) is 9.59 Å². The molecule has 2 heterocycles. The molecule has 0 fully saturated rings. The van der Waals surface area contributed by atoms with Gasteiger partial charge < -0.3 is 11.1 Å². The van der Waals surface area contributed by atoms with Crippen LogP contribution in [0.3, 0.4) is 0 Å². The first-order chi connectivity index (χ1) is 10.4. The number of nitrogens with two attached hydrogens (primary N) is 1. The average Bonchev–Trinajstić information content (AvgIpc) is 2.73. The van der Waals surface area contributed by atoms with Crippen LogP contribution in [0.25, 0.3) is 0 Å². The number of thiophene rings is 1. The molecule has 2 aromatic rings. The SMILES string of the molecule is Cc1cc[n+](CCC(=O)Nc2sc(C)c(C)c2C(N)=O)cc1. The fourth-order valence-corrected chi connectivity index (χ4v) is 3.19. The van der Waals surface area contributed by atoms with E-state index in [-0.39, 0.29) is 5.91 Å². The van der Waals surface area contributed by atoms with Gasteiger partial charge in [-0.25, -0.2) is 4.57 Å². The van der Waals surface area contributed by atoms with E-state index in [4.69, 9.17) is 5.73 Å². The van der Waals surface area contributed by atoms with Gasteiger partial charge in [-0.05, 0) is 31.9 Å². The van der Waals surface area contributed by atoms with Gasteiger partial charge in [0, 0.05) is 17.0 Å². The molecule has 0 radical (unpaired) electrons. The van der Waals surface area contributed by atoms with Gasteiger partial charge >= 0.3 is 0 Å². The third kappa shape index (κ3) is 3.71. The number of primary amides is 1. The van der Waals surface area contributed by atoms with Gasteiger partial charge in [-0.3, -0.25) is 9.59 Å². The first kappa shape index (κ1) is 16.2. The van der Waals surface area contributed by atoms with Gasteiger partial charge in [0.1, 0.15) is 5.00 Å². The van der Waals surface area contributed by atoms with Crippen LogP contribution in [0.1, 0.15) is 32.8 Å². The van der Waals surface area contributed by atoms with Crippen molar-refractivity contribution >= 4 is 28.2 Å². The van der Waals surface area contributed by atoms with Gasteiger partial charge in [0.15, 0.2) is 18.9 Å². The predicted molar refractivity (Wildman–Crippen MR) is 86.9 cm³/mol. The van der Waals surface area contributed by atoms with Gasteiger partial charge in [0.2, 0.25) is 5.91 Å². The molecule has 2 aromatic heterocycles. The van der Waals surface area contributed by atoms with Crippen LogP contribution in [0.2, 0.25) is 0 Å². The average molecular weight is 318 g/mol. The monoisotopic (exact) mass is 318 g/mol. The van der Waals surface area contributed by atoms with Crippen molar-refractivity contribution in [2.45, 2.75) is 33.7 Å². The first-order valence-corrected chi connectivity index (χ1v) is 7.85. The van der Waals surface area contributed by atoms with Crippen molar-refractivity contribution in [1.82, 2.24) is 0 Å². The largest absolute Gasteiger partial charge is 0.365 e. The Labute approximate surface area is 133 Å². The molecule has 0 unspecified atom stereocenters. The van der Waals surface area contributed by atoms with Gasteiger partial charge in [-0.15, -0.1) is 11.3 Å². The number of amides is 2. The Morgan fingerprint density at radius 3 is 2.45 bits per heavy atom. The lowest BCUT2D eigenvalue weighted by Crippen LogP contribution is -2.34. The Morgan fingerprint density at radius 2 is 1.86 bits per heavy atom. The molecule has 22 heavy (non-hydrogen) atoms. The number of nitrogens with one attached hydrogen (secondary N) is 1. The summed E-state index contributed by atoms with van der Waals surface area (Å²) < 4.78 is 1.95. The number of pyridine rings is 1. The van der Waals surface area contributed by atoms with Crippen LogP contribution in [0, 0.1) is 20.8 Å². The van der Waals surface area contributed by atoms with Gasteiger partial charge in [0.05, 0.1) is 12.0 Å². The number of anilines is 1. The molecule has 0 atom stereocenters. The maximum absolute atomic E-state index is 12.1. The van der Waals surface area contributed by atoms with Crippen molar-refractivity contribution < 1.29 is 14.2 Å². The van der Waals surface area contributed by atoms with E-state index in [1.807, 2.05) is 49.9 Å². The van der Waals surface area contributed by atoms with Crippen molar-refractivity contribution in [3.05, 3.63) is 46.1 Å². The van der Waals surface area contributed by atoms with Crippen LogP contribution in [-0.4, -0.2) is 11.8 Å². The van der Waals surface area contributed by atoms with Crippen molar-refractivity contribution in [1.29, 1.82) is 0 Å². The molecule has 0 aromatic carbocycles. The maximum Gasteiger partial charge on any atom is 0.251 e. The minimum absolute atomic E-state index is 0.128. The molecule has 6 heteroatoms. The first-order valence-electron chi connectivity index (χ1n) is 7.04. The number of aryl methyl sites for hydroxylation is 3. The van der Waals surface area contributed by atoms with E-state index in [2.05, 4.69) is 5.32 Å². The molecule has 0 spiro atoms. The Kier molecular flexibility index (Phi) is 4.92. The normalized spacial score (nSPS) is 10.5. The fourth-order valence-electron chi connectivity index (χ4n) is 2.11. The molecule has 0 bridgehead atoms. The third-order valence-electron chi connectivity index (χ3n) is 3.54. The number of carbonyl (C=O) groups excluding carboxylic acids is 2. The van der Waals surface area contributed by atoms with E-state index in [0.29, 0.717) is 23.5 Å². The standard InChI is InChI=1S/C16H19N3O2S/c1-10-4-7-19(8-5-10)9-6-13(20)18-16-14(15(17)21)11(2)12(3)22-16/h4-5,7-8H,6,9H2,1-3H3,(H2-,17,18,20,21)/p+1. The van der Waals surface area contributed by atoms with Crippen LogP contribution in [0.5, 0.6) is 0 Å².